The molecule has 0 bridgehead atoms. The molecule has 4 aromatic rings. The zero-order chi connectivity index (χ0) is 51.4. The maximum atomic E-state index is 16.1. The molecule has 71 heavy (non-hydrogen) atoms. The number of benzene rings is 4. The molecule has 16 nitrogen and oxygen atoms in total. The SMILES string of the molecule is COc1cc(C(=O)NCCCCNCC(=O)Nc2cccc3c2C(=O)N([C@H]2CCCC(=O)NC2=O)C3=O)ccc1NC(=O)[C@@H]1N[C@@H](CC(C)(C)C)[C@](C#N)(c2ccc(Cl)cc2F)C1c1ccc(Cl)cc1F. The van der Waals surface area contributed by atoms with Crippen LogP contribution >= 0.6 is 23.2 Å². The van der Waals surface area contributed by atoms with Crippen molar-refractivity contribution in [3.63, 3.8) is 0 Å². The summed E-state index contributed by atoms with van der Waals surface area (Å²) in [5.41, 5.74) is -1.86. The number of ether oxygens (including phenoxy) is 1. The number of methoxy groups -OCH3 is 1. The number of imide groups is 2. The van der Waals surface area contributed by atoms with E-state index in [1.54, 1.807) is 0 Å². The maximum absolute atomic E-state index is 16.1. The lowest BCUT2D eigenvalue weighted by Crippen LogP contribution is -2.49. The van der Waals surface area contributed by atoms with Crippen LogP contribution in [0.1, 0.15) is 107 Å². The number of rotatable bonds is 16. The van der Waals surface area contributed by atoms with Gasteiger partial charge in [0.15, 0.2) is 0 Å². The van der Waals surface area contributed by atoms with Crippen molar-refractivity contribution in [2.24, 2.45) is 5.41 Å². The van der Waals surface area contributed by atoms with Crippen LogP contribution in [-0.4, -0.2) is 91.1 Å². The van der Waals surface area contributed by atoms with E-state index in [-0.39, 0.29) is 87.3 Å². The summed E-state index contributed by atoms with van der Waals surface area (Å²) < 4.78 is 37.7. The van der Waals surface area contributed by atoms with Gasteiger partial charge in [-0.2, -0.15) is 5.26 Å². The number of anilines is 2. The molecule has 1 unspecified atom stereocenters. The monoisotopic (exact) mass is 1010 g/mol. The summed E-state index contributed by atoms with van der Waals surface area (Å²) in [7, 11) is 1.36. The lowest BCUT2D eigenvalue weighted by molar-refractivity contribution is -0.131. The third-order valence-corrected chi connectivity index (χ3v) is 13.2. The largest absolute Gasteiger partial charge is 0.495 e. The minimum Gasteiger partial charge on any atom is -0.495 e. The molecule has 3 aliphatic heterocycles. The molecule has 3 heterocycles. The Morgan fingerprint density at radius 3 is 2.31 bits per heavy atom. The number of amides is 7. The number of halogens is 4. The van der Waals surface area contributed by atoms with Gasteiger partial charge in [0.1, 0.15) is 28.8 Å². The predicted octanol–water partition coefficient (Wildman–Crippen LogP) is 6.77. The number of fused-ring (bicyclic) bond motifs is 1. The number of nitriles is 1. The van der Waals surface area contributed by atoms with Crippen molar-refractivity contribution in [2.45, 2.75) is 88.8 Å². The molecule has 0 spiro atoms. The minimum absolute atomic E-state index is 0.0306. The Bertz CT molecular complexity index is 2850. The Kier molecular flexibility index (Phi) is 15.9. The number of hydrogen-bond acceptors (Lipinski definition) is 11. The van der Waals surface area contributed by atoms with Crippen molar-refractivity contribution >= 4 is 75.9 Å². The molecular formula is C51H52Cl2F2N8O8. The fourth-order valence-electron chi connectivity index (χ4n) is 9.58. The Balaban J connectivity index is 0.950. The molecule has 0 aromatic heterocycles. The molecule has 5 atom stereocenters. The van der Waals surface area contributed by atoms with E-state index in [0.717, 1.165) is 17.0 Å². The number of hydrogen-bond donors (Lipinski definition) is 6. The van der Waals surface area contributed by atoms with Crippen molar-refractivity contribution in [3.05, 3.63) is 122 Å². The zero-order valence-corrected chi connectivity index (χ0v) is 40.8. The first-order valence-electron chi connectivity index (χ1n) is 23.0. The predicted molar refractivity (Wildman–Crippen MR) is 260 cm³/mol. The van der Waals surface area contributed by atoms with Crippen LogP contribution in [0.4, 0.5) is 20.2 Å². The van der Waals surface area contributed by atoms with Gasteiger partial charge in [-0.25, -0.2) is 8.78 Å². The highest BCUT2D eigenvalue weighted by Gasteiger charge is 2.61. The summed E-state index contributed by atoms with van der Waals surface area (Å²) in [6.45, 7) is 6.33. The van der Waals surface area contributed by atoms with E-state index >= 15 is 8.78 Å². The van der Waals surface area contributed by atoms with Gasteiger partial charge in [-0.1, -0.05) is 62.2 Å². The fourth-order valence-corrected chi connectivity index (χ4v) is 9.90. The number of carbonyl (C=O) groups is 7. The van der Waals surface area contributed by atoms with Gasteiger partial charge in [0.05, 0.1) is 48.3 Å². The van der Waals surface area contributed by atoms with Crippen molar-refractivity contribution in [1.82, 2.24) is 26.2 Å². The molecule has 6 N–H and O–H groups in total. The molecule has 372 valence electrons. The summed E-state index contributed by atoms with van der Waals surface area (Å²) in [4.78, 5) is 92.7. The average molecular weight is 1010 g/mol. The van der Waals surface area contributed by atoms with E-state index in [0.29, 0.717) is 25.8 Å². The summed E-state index contributed by atoms with van der Waals surface area (Å²) in [6.07, 6.45) is 1.89. The molecule has 0 radical (unpaired) electrons. The first-order valence-corrected chi connectivity index (χ1v) is 23.7. The Morgan fingerprint density at radius 1 is 0.901 bits per heavy atom. The topological polar surface area (TPSA) is 228 Å². The molecular weight excluding hydrogens is 962 g/mol. The van der Waals surface area contributed by atoms with Crippen molar-refractivity contribution < 1.29 is 47.1 Å². The second-order valence-electron chi connectivity index (χ2n) is 18.8. The van der Waals surface area contributed by atoms with E-state index in [1.165, 1.54) is 67.8 Å². The lowest BCUT2D eigenvalue weighted by Gasteiger charge is -2.37. The van der Waals surface area contributed by atoms with Crippen molar-refractivity contribution in [2.75, 3.05) is 37.4 Å². The van der Waals surface area contributed by atoms with Crippen molar-refractivity contribution in [3.8, 4) is 11.8 Å². The lowest BCUT2D eigenvalue weighted by atomic mass is 9.62. The van der Waals surface area contributed by atoms with Crippen LogP contribution in [0.25, 0.3) is 0 Å². The van der Waals surface area contributed by atoms with Gasteiger partial charge in [0.25, 0.3) is 17.7 Å². The molecule has 4 aromatic carbocycles. The van der Waals surface area contributed by atoms with Gasteiger partial charge in [-0.05, 0) is 104 Å². The van der Waals surface area contributed by atoms with Gasteiger partial charge in [0.2, 0.25) is 23.6 Å². The Hall–Kier alpha value is -6.78. The average Bonchev–Trinajstić information content (AvgIpc) is 3.69. The van der Waals surface area contributed by atoms with Crippen molar-refractivity contribution in [1.29, 1.82) is 5.26 Å². The van der Waals surface area contributed by atoms with Crippen LogP contribution in [0, 0.1) is 28.4 Å². The number of unbranched alkanes of at least 4 members (excludes halogenated alkanes) is 1. The first-order chi connectivity index (χ1) is 33.8. The summed E-state index contributed by atoms with van der Waals surface area (Å²) in [6, 6.07) is 15.7. The Labute approximate surface area is 418 Å². The first kappa shape index (κ1) is 52.1. The van der Waals surface area contributed by atoms with Crippen LogP contribution in [0.5, 0.6) is 5.75 Å². The molecule has 0 saturated carbocycles. The highest BCUT2D eigenvalue weighted by Crippen LogP contribution is 2.53. The van der Waals surface area contributed by atoms with Gasteiger partial charge in [0, 0.05) is 46.1 Å². The quantitative estimate of drug-likeness (QED) is 0.0507. The van der Waals surface area contributed by atoms with Gasteiger partial charge < -0.3 is 31.3 Å². The van der Waals surface area contributed by atoms with E-state index in [4.69, 9.17) is 27.9 Å². The second-order valence-corrected chi connectivity index (χ2v) is 19.7. The Morgan fingerprint density at radius 2 is 1.62 bits per heavy atom. The third kappa shape index (κ3) is 11.1. The summed E-state index contributed by atoms with van der Waals surface area (Å²) >= 11 is 12.3. The number of carbonyl (C=O) groups excluding carboxylic acids is 7. The standard InChI is InChI=1S/C51H52Cl2F2N8O8/c1-50(2,3)24-39-51(26-56,32-17-15-29(53)23-34(32)55)43(30-16-14-28(52)22-33(30)54)44(61-39)47(68)60-35-18-13-27(21-38(35)71-4)45(66)58-20-6-5-19-57-25-41(65)59-36-10-7-9-31-42(36)49(70)63(48(31)69)37-11-8-12-40(64)62-46(37)67/h7,9-10,13-18,21-23,37,39,43-44,57,61H,5-6,8,11-12,19-20,24-25H2,1-4H3,(H,58,66)(H,59,65)(H,60,68)(H,62,64,67)/t37-,39-,43?,44+,51-/m0/s1. The van der Waals surface area contributed by atoms with Gasteiger partial charge in [-0.3, -0.25) is 43.8 Å². The van der Waals surface area contributed by atoms with Crippen LogP contribution in [0.15, 0.2) is 72.8 Å². The third-order valence-electron chi connectivity index (χ3n) is 12.8. The van der Waals surface area contributed by atoms with Gasteiger partial charge >= 0.3 is 0 Å². The summed E-state index contributed by atoms with van der Waals surface area (Å²) in [5.74, 6) is -6.97. The molecule has 7 amide bonds. The van der Waals surface area contributed by atoms with Gasteiger partial charge in [-0.15, -0.1) is 0 Å². The highest BCUT2D eigenvalue weighted by atomic mass is 35.5. The molecule has 3 aliphatic rings. The number of nitrogens with one attached hydrogen (secondary N) is 6. The van der Waals surface area contributed by atoms with E-state index in [2.05, 4.69) is 38.0 Å². The van der Waals surface area contributed by atoms with E-state index in [9.17, 15) is 38.8 Å². The normalized spacial score (nSPS) is 21.0. The van der Waals surface area contributed by atoms with Crippen LogP contribution < -0.4 is 36.6 Å². The number of nitrogens with zero attached hydrogens (tertiary/aromatic N) is 2. The smallest absolute Gasteiger partial charge is 0.264 e. The van der Waals surface area contributed by atoms with Crippen LogP contribution in [0.3, 0.4) is 0 Å². The molecule has 2 saturated heterocycles. The zero-order valence-electron chi connectivity index (χ0n) is 39.3. The molecule has 7 rings (SSSR count). The molecule has 2 fully saturated rings. The van der Waals surface area contributed by atoms with Crippen LogP contribution in [-0.2, 0) is 24.6 Å². The fraction of sp³-hybridized carbons (Fsp3) is 0.373. The molecule has 0 aliphatic carbocycles. The maximum Gasteiger partial charge on any atom is 0.264 e. The van der Waals surface area contributed by atoms with E-state index in [1.807, 2.05) is 20.8 Å². The van der Waals surface area contributed by atoms with E-state index < -0.39 is 87.9 Å². The highest BCUT2D eigenvalue weighted by molar-refractivity contribution is 6.31. The second kappa shape index (κ2) is 21.7. The van der Waals surface area contributed by atoms with Crippen LogP contribution in [0.2, 0.25) is 10.0 Å². The molecule has 20 heteroatoms. The summed E-state index contributed by atoms with van der Waals surface area (Å²) in [5, 5.41) is 28.2. The minimum atomic E-state index is -1.82.